The zero-order valence-corrected chi connectivity index (χ0v) is 12.6. The number of carboxylic acids is 1. The number of sulfonamides is 1. The predicted octanol–water partition coefficient (Wildman–Crippen LogP) is 1.37. The molecule has 2 rings (SSSR count). The van der Waals surface area contributed by atoms with E-state index in [4.69, 9.17) is 5.11 Å². The molecule has 112 valence electrons. The van der Waals surface area contributed by atoms with Gasteiger partial charge in [-0.2, -0.15) is 4.31 Å². The zero-order valence-electron chi connectivity index (χ0n) is 10.9. The Labute approximate surface area is 125 Å². The second-order valence-corrected chi connectivity index (χ2v) is 7.32. The minimum absolute atomic E-state index is 0.00763. The Bertz CT molecular complexity index is 769. The second kappa shape index (κ2) is 5.80. The fraction of sp³-hybridized carbons (Fsp3) is 0.167. The van der Waals surface area contributed by atoms with Crippen molar-refractivity contribution in [2.24, 2.45) is 0 Å². The van der Waals surface area contributed by atoms with Crippen LogP contribution in [0.15, 0.2) is 34.0 Å². The molecule has 1 aromatic carbocycles. The molecule has 0 saturated carbocycles. The lowest BCUT2D eigenvalue weighted by atomic mass is 10.2. The number of phenols is 1. The van der Waals surface area contributed by atoms with Crippen LogP contribution in [0.1, 0.15) is 16.1 Å². The van der Waals surface area contributed by atoms with Crippen LogP contribution in [0.5, 0.6) is 5.75 Å². The summed E-state index contributed by atoms with van der Waals surface area (Å²) < 4.78 is 25.5. The molecule has 0 saturated heterocycles. The molecule has 0 aliphatic heterocycles. The van der Waals surface area contributed by atoms with E-state index >= 15 is 0 Å². The Kier molecular flexibility index (Phi) is 4.26. The van der Waals surface area contributed by atoms with Gasteiger partial charge in [-0.15, -0.1) is 11.3 Å². The highest BCUT2D eigenvalue weighted by Gasteiger charge is 2.29. The van der Waals surface area contributed by atoms with Crippen LogP contribution in [-0.4, -0.2) is 40.9 Å². The van der Waals surface area contributed by atoms with Crippen molar-refractivity contribution in [3.8, 4) is 5.75 Å². The lowest BCUT2D eigenvalue weighted by Crippen LogP contribution is -2.27. The number of benzene rings is 1. The van der Waals surface area contributed by atoms with Crippen LogP contribution in [0.3, 0.4) is 0 Å². The molecule has 0 aliphatic carbocycles. The number of carbonyl (C=O) groups is 1. The Balaban J connectivity index is 2.31. The number of rotatable bonds is 5. The summed E-state index contributed by atoms with van der Waals surface area (Å²) in [6, 6.07) is 6.18. The van der Waals surface area contributed by atoms with Gasteiger partial charge in [-0.05, 0) is 17.7 Å². The summed E-state index contributed by atoms with van der Waals surface area (Å²) in [7, 11) is -2.62. The summed E-state index contributed by atoms with van der Waals surface area (Å²) in [5.74, 6) is -1.36. The van der Waals surface area contributed by atoms with E-state index in [1.54, 1.807) is 12.1 Å². The van der Waals surface area contributed by atoms with E-state index in [1.807, 2.05) is 0 Å². The topological polar surface area (TPSA) is 108 Å². The number of aromatic hydroxyl groups is 1. The first-order valence-electron chi connectivity index (χ1n) is 5.73. The molecule has 0 fully saturated rings. The van der Waals surface area contributed by atoms with Crippen molar-refractivity contribution in [3.05, 3.63) is 41.0 Å². The monoisotopic (exact) mass is 328 g/mol. The van der Waals surface area contributed by atoms with Gasteiger partial charge in [0.1, 0.15) is 5.75 Å². The maximum atomic E-state index is 12.4. The van der Waals surface area contributed by atoms with Gasteiger partial charge in [-0.25, -0.2) is 18.2 Å². The third-order valence-corrected chi connectivity index (χ3v) is 5.85. The molecule has 0 aliphatic rings. The molecule has 9 heteroatoms. The molecule has 21 heavy (non-hydrogen) atoms. The van der Waals surface area contributed by atoms with Crippen LogP contribution in [-0.2, 0) is 16.6 Å². The summed E-state index contributed by atoms with van der Waals surface area (Å²) in [5.41, 5.74) is 1.28. The summed E-state index contributed by atoms with van der Waals surface area (Å²) in [4.78, 5) is 14.5. The number of phenolic OH excluding ortho intramolecular Hbond substituents is 1. The molecule has 0 unspecified atom stereocenters. The van der Waals surface area contributed by atoms with Gasteiger partial charge < -0.3 is 10.2 Å². The number of hydrogen-bond acceptors (Lipinski definition) is 6. The van der Waals surface area contributed by atoms with Crippen molar-refractivity contribution < 1.29 is 23.4 Å². The van der Waals surface area contributed by atoms with Gasteiger partial charge in [-0.1, -0.05) is 12.1 Å². The average Bonchev–Trinajstić information content (AvgIpc) is 2.88. The molecule has 0 spiro atoms. The van der Waals surface area contributed by atoms with Gasteiger partial charge in [0.25, 0.3) is 10.0 Å². The predicted molar refractivity (Wildman–Crippen MR) is 75.8 cm³/mol. The van der Waals surface area contributed by atoms with Crippen LogP contribution in [0, 0.1) is 0 Å². The lowest BCUT2D eigenvalue weighted by Gasteiger charge is -2.16. The van der Waals surface area contributed by atoms with Gasteiger partial charge in [0, 0.05) is 13.6 Å². The third-order valence-electron chi connectivity index (χ3n) is 2.70. The van der Waals surface area contributed by atoms with Crippen molar-refractivity contribution in [2.75, 3.05) is 7.05 Å². The molecule has 1 heterocycles. The van der Waals surface area contributed by atoms with Crippen LogP contribution >= 0.6 is 11.3 Å². The highest BCUT2D eigenvalue weighted by molar-refractivity contribution is 7.91. The molecule has 2 N–H and O–H groups in total. The smallest absolute Gasteiger partial charge is 0.356 e. The van der Waals surface area contributed by atoms with Crippen molar-refractivity contribution in [2.45, 2.75) is 10.8 Å². The van der Waals surface area contributed by atoms with E-state index in [0.29, 0.717) is 5.56 Å². The first-order valence-corrected chi connectivity index (χ1v) is 8.05. The van der Waals surface area contributed by atoms with Gasteiger partial charge in [0.15, 0.2) is 9.90 Å². The summed E-state index contributed by atoms with van der Waals surface area (Å²) in [6.07, 6.45) is 0. The van der Waals surface area contributed by atoms with Gasteiger partial charge in [-0.3, -0.25) is 0 Å². The number of thiazole rings is 1. The van der Waals surface area contributed by atoms with Crippen LogP contribution in [0.2, 0.25) is 0 Å². The maximum absolute atomic E-state index is 12.4. The SMILES string of the molecule is CN(Cc1cccc(O)c1)S(=O)(=O)c1scnc1C(=O)O. The average molecular weight is 328 g/mol. The number of aromatic carboxylic acids is 1. The van der Waals surface area contributed by atoms with E-state index in [0.717, 1.165) is 15.6 Å². The Morgan fingerprint density at radius 1 is 1.43 bits per heavy atom. The first-order chi connectivity index (χ1) is 9.82. The second-order valence-electron chi connectivity index (χ2n) is 4.22. The van der Waals surface area contributed by atoms with E-state index in [-0.39, 0.29) is 16.5 Å². The molecule has 0 bridgehead atoms. The normalized spacial score (nSPS) is 11.7. The van der Waals surface area contributed by atoms with Crippen molar-refractivity contribution in [1.29, 1.82) is 0 Å². The quantitative estimate of drug-likeness (QED) is 0.858. The Morgan fingerprint density at radius 2 is 2.14 bits per heavy atom. The van der Waals surface area contributed by atoms with E-state index in [9.17, 15) is 18.3 Å². The van der Waals surface area contributed by atoms with Crippen LogP contribution in [0.4, 0.5) is 0 Å². The standard InChI is InChI=1S/C12H12N2O5S2/c1-14(6-8-3-2-4-9(15)5-8)21(18,19)12-10(11(16)17)13-7-20-12/h2-5,7,15H,6H2,1H3,(H,16,17). The van der Waals surface area contributed by atoms with E-state index < -0.39 is 21.7 Å². The molecular weight excluding hydrogens is 316 g/mol. The van der Waals surface area contributed by atoms with Crippen molar-refractivity contribution in [3.63, 3.8) is 0 Å². The number of carboxylic acid groups (broad SMARTS) is 1. The highest BCUT2D eigenvalue weighted by atomic mass is 32.2. The van der Waals surface area contributed by atoms with Crippen molar-refractivity contribution >= 4 is 27.3 Å². The van der Waals surface area contributed by atoms with Crippen molar-refractivity contribution in [1.82, 2.24) is 9.29 Å². The third kappa shape index (κ3) is 3.20. The van der Waals surface area contributed by atoms with E-state index in [1.165, 1.54) is 24.7 Å². The number of aromatic nitrogens is 1. The fourth-order valence-corrected chi connectivity index (χ4v) is 4.19. The number of nitrogens with zero attached hydrogens (tertiary/aromatic N) is 2. The minimum Gasteiger partial charge on any atom is -0.508 e. The van der Waals surface area contributed by atoms with Gasteiger partial charge in [0.05, 0.1) is 5.51 Å². The largest absolute Gasteiger partial charge is 0.508 e. The molecule has 1 aromatic heterocycles. The Morgan fingerprint density at radius 3 is 2.76 bits per heavy atom. The first kappa shape index (κ1) is 15.4. The summed E-state index contributed by atoms with van der Waals surface area (Å²) in [5, 5.41) is 18.3. The summed E-state index contributed by atoms with van der Waals surface area (Å²) in [6.45, 7) is 0.00763. The van der Waals surface area contributed by atoms with Crippen LogP contribution < -0.4 is 0 Å². The molecule has 7 nitrogen and oxygen atoms in total. The zero-order chi connectivity index (χ0) is 15.6. The molecule has 0 radical (unpaired) electrons. The van der Waals surface area contributed by atoms with Gasteiger partial charge in [0.2, 0.25) is 0 Å². The maximum Gasteiger partial charge on any atom is 0.356 e. The number of hydrogen-bond donors (Lipinski definition) is 2. The molecule has 0 atom stereocenters. The molecule has 2 aromatic rings. The molecule has 0 amide bonds. The lowest BCUT2D eigenvalue weighted by molar-refractivity contribution is 0.0687. The molecular formula is C12H12N2O5S2. The van der Waals surface area contributed by atoms with Crippen LogP contribution in [0.25, 0.3) is 0 Å². The highest BCUT2D eigenvalue weighted by Crippen LogP contribution is 2.25. The van der Waals surface area contributed by atoms with Gasteiger partial charge >= 0.3 is 5.97 Å². The van der Waals surface area contributed by atoms with E-state index in [2.05, 4.69) is 4.98 Å². The Hall–Kier alpha value is -1.97. The summed E-state index contributed by atoms with van der Waals surface area (Å²) >= 11 is 0.756. The minimum atomic E-state index is -3.96. The fourth-order valence-electron chi connectivity index (χ4n) is 1.70.